The van der Waals surface area contributed by atoms with Crippen LogP contribution in [0.5, 0.6) is 0 Å². The molecule has 1 heterocycles. The lowest BCUT2D eigenvalue weighted by Gasteiger charge is -2.19. The first-order chi connectivity index (χ1) is 9.40. The zero-order valence-electron chi connectivity index (χ0n) is 10.8. The highest BCUT2D eigenvalue weighted by atomic mass is 16.5. The van der Waals surface area contributed by atoms with Crippen LogP contribution in [0.25, 0.3) is 0 Å². The van der Waals surface area contributed by atoms with Crippen LogP contribution in [0.4, 0.5) is 0 Å². The Morgan fingerprint density at radius 2 is 1.58 bits per heavy atom. The van der Waals surface area contributed by atoms with E-state index >= 15 is 0 Å². The fourth-order valence-electron chi connectivity index (χ4n) is 2.42. The first-order valence-corrected chi connectivity index (χ1v) is 6.36. The molecule has 3 nitrogen and oxygen atoms in total. The van der Waals surface area contributed by atoms with Crippen LogP contribution in [-0.4, -0.2) is 18.9 Å². The summed E-state index contributed by atoms with van der Waals surface area (Å²) in [5, 5.41) is 4.46. The topological polar surface area (TPSA) is 33.6 Å². The highest BCUT2D eigenvalue weighted by Crippen LogP contribution is 2.26. The van der Waals surface area contributed by atoms with Crippen molar-refractivity contribution in [3.05, 3.63) is 71.8 Å². The van der Waals surface area contributed by atoms with E-state index in [9.17, 15) is 0 Å². The Hall–Kier alpha value is -2.13. The lowest BCUT2D eigenvalue weighted by Crippen LogP contribution is -2.29. The summed E-state index contributed by atoms with van der Waals surface area (Å²) < 4.78 is 5.65. The third-order valence-electron chi connectivity index (χ3n) is 3.38. The largest absolute Gasteiger partial charge is 0.372 e. The third-order valence-corrected chi connectivity index (χ3v) is 3.38. The molecule has 2 aromatic carbocycles. The smallest absolute Gasteiger partial charge is 0.127 e. The minimum atomic E-state index is -0.0650. The SMILES string of the molecule is COC1C(c2ccccc2)=NNC1c1ccccc1. The van der Waals surface area contributed by atoms with Crippen molar-refractivity contribution in [2.24, 2.45) is 5.10 Å². The van der Waals surface area contributed by atoms with E-state index in [4.69, 9.17) is 4.74 Å². The number of ether oxygens (including phenoxy) is 1. The van der Waals surface area contributed by atoms with Gasteiger partial charge in [-0.1, -0.05) is 60.7 Å². The fourth-order valence-corrected chi connectivity index (χ4v) is 2.42. The number of nitrogens with zero attached hydrogens (tertiary/aromatic N) is 1. The minimum absolute atomic E-state index is 0.0650. The van der Waals surface area contributed by atoms with E-state index in [0.29, 0.717) is 0 Å². The van der Waals surface area contributed by atoms with Crippen LogP contribution in [0, 0.1) is 0 Å². The van der Waals surface area contributed by atoms with Crippen LogP contribution in [0.1, 0.15) is 17.2 Å². The molecule has 2 aromatic rings. The molecule has 0 aliphatic carbocycles. The number of benzene rings is 2. The molecule has 0 saturated heterocycles. The molecule has 0 saturated carbocycles. The minimum Gasteiger partial charge on any atom is -0.372 e. The van der Waals surface area contributed by atoms with Gasteiger partial charge in [-0.3, -0.25) is 5.43 Å². The van der Waals surface area contributed by atoms with Gasteiger partial charge in [0.25, 0.3) is 0 Å². The number of methoxy groups -OCH3 is 1. The van der Waals surface area contributed by atoms with Crippen LogP contribution >= 0.6 is 0 Å². The molecular formula is C16H16N2O. The van der Waals surface area contributed by atoms with E-state index in [1.54, 1.807) is 7.11 Å². The van der Waals surface area contributed by atoms with Gasteiger partial charge in [-0.15, -0.1) is 0 Å². The summed E-state index contributed by atoms with van der Waals surface area (Å²) in [6.07, 6.45) is -0.0650. The molecule has 0 amide bonds. The van der Waals surface area contributed by atoms with Crippen LogP contribution in [-0.2, 0) is 4.74 Å². The van der Waals surface area contributed by atoms with Crippen molar-refractivity contribution < 1.29 is 4.74 Å². The van der Waals surface area contributed by atoms with E-state index in [1.165, 1.54) is 5.56 Å². The first-order valence-electron chi connectivity index (χ1n) is 6.36. The Morgan fingerprint density at radius 3 is 2.21 bits per heavy atom. The lowest BCUT2D eigenvalue weighted by molar-refractivity contribution is 0.132. The van der Waals surface area contributed by atoms with Crippen molar-refractivity contribution in [3.63, 3.8) is 0 Å². The molecule has 96 valence electrons. The molecule has 1 aliphatic rings. The maximum absolute atomic E-state index is 5.65. The first kappa shape index (κ1) is 11.9. The molecule has 3 heteroatoms. The molecule has 0 aromatic heterocycles. The molecule has 0 fully saturated rings. The van der Waals surface area contributed by atoms with Gasteiger partial charge < -0.3 is 4.74 Å². The summed E-state index contributed by atoms with van der Waals surface area (Å²) in [6.45, 7) is 0. The molecule has 2 unspecified atom stereocenters. The van der Waals surface area contributed by atoms with Gasteiger partial charge >= 0.3 is 0 Å². The van der Waals surface area contributed by atoms with Gasteiger partial charge in [-0.05, 0) is 5.56 Å². The third kappa shape index (κ3) is 2.25. The molecule has 1 N–H and O–H groups in total. The summed E-state index contributed by atoms with van der Waals surface area (Å²) >= 11 is 0. The Kier molecular flexibility index (Phi) is 3.29. The summed E-state index contributed by atoms with van der Waals surface area (Å²) in [5.41, 5.74) is 6.42. The Balaban J connectivity index is 1.90. The number of rotatable bonds is 3. The van der Waals surface area contributed by atoms with Crippen LogP contribution < -0.4 is 5.43 Å². The molecule has 3 rings (SSSR count). The van der Waals surface area contributed by atoms with Gasteiger partial charge in [-0.25, -0.2) is 0 Å². The zero-order chi connectivity index (χ0) is 13.1. The maximum Gasteiger partial charge on any atom is 0.127 e. The second-order valence-corrected chi connectivity index (χ2v) is 4.54. The molecule has 0 spiro atoms. The Labute approximate surface area is 112 Å². The van der Waals surface area contributed by atoms with E-state index in [2.05, 4.69) is 34.8 Å². The van der Waals surface area contributed by atoms with Crippen molar-refractivity contribution >= 4 is 5.71 Å². The number of hydrazone groups is 1. The average Bonchev–Trinajstić information content (AvgIpc) is 2.93. The van der Waals surface area contributed by atoms with Gasteiger partial charge in [-0.2, -0.15) is 5.10 Å². The lowest BCUT2D eigenvalue weighted by atomic mass is 9.96. The van der Waals surface area contributed by atoms with Gasteiger partial charge in [0.2, 0.25) is 0 Å². The molecule has 1 aliphatic heterocycles. The molecule has 19 heavy (non-hydrogen) atoms. The van der Waals surface area contributed by atoms with Crippen molar-refractivity contribution in [3.8, 4) is 0 Å². The van der Waals surface area contributed by atoms with Crippen molar-refractivity contribution in [1.82, 2.24) is 5.43 Å². The van der Waals surface area contributed by atoms with E-state index in [1.807, 2.05) is 36.4 Å². The predicted octanol–water partition coefficient (Wildman–Crippen LogP) is 2.75. The second kappa shape index (κ2) is 5.24. The molecule has 2 atom stereocenters. The number of hydrogen-bond acceptors (Lipinski definition) is 3. The predicted molar refractivity (Wildman–Crippen MR) is 76.1 cm³/mol. The molecular weight excluding hydrogens is 236 g/mol. The summed E-state index contributed by atoms with van der Waals surface area (Å²) in [6, 6.07) is 20.5. The van der Waals surface area contributed by atoms with Gasteiger partial charge in [0.15, 0.2) is 0 Å². The van der Waals surface area contributed by atoms with Gasteiger partial charge in [0, 0.05) is 12.7 Å². The highest BCUT2D eigenvalue weighted by Gasteiger charge is 2.33. The van der Waals surface area contributed by atoms with Crippen molar-refractivity contribution in [1.29, 1.82) is 0 Å². The van der Waals surface area contributed by atoms with E-state index < -0.39 is 0 Å². The summed E-state index contributed by atoms with van der Waals surface area (Å²) in [7, 11) is 1.73. The maximum atomic E-state index is 5.65. The monoisotopic (exact) mass is 252 g/mol. The second-order valence-electron chi connectivity index (χ2n) is 4.54. The Bertz CT molecular complexity index is 566. The molecule has 0 radical (unpaired) electrons. The summed E-state index contributed by atoms with van der Waals surface area (Å²) in [4.78, 5) is 0. The standard InChI is InChI=1S/C16H16N2O/c1-19-16-14(12-8-4-2-5-9-12)17-18-15(16)13-10-6-3-7-11-13/h2-11,14,16-17H,1H3. The van der Waals surface area contributed by atoms with Crippen LogP contribution in [0.15, 0.2) is 65.8 Å². The fraction of sp³-hybridized carbons (Fsp3) is 0.188. The van der Waals surface area contributed by atoms with Gasteiger partial charge in [0.1, 0.15) is 12.1 Å². The average molecular weight is 252 g/mol. The van der Waals surface area contributed by atoms with Crippen molar-refractivity contribution in [2.75, 3.05) is 7.11 Å². The van der Waals surface area contributed by atoms with E-state index in [0.717, 1.165) is 11.3 Å². The highest BCUT2D eigenvalue weighted by molar-refractivity contribution is 6.05. The zero-order valence-corrected chi connectivity index (χ0v) is 10.8. The van der Waals surface area contributed by atoms with E-state index in [-0.39, 0.29) is 12.1 Å². The van der Waals surface area contributed by atoms with Crippen LogP contribution in [0.3, 0.4) is 0 Å². The number of hydrogen-bond donors (Lipinski definition) is 1. The molecule has 0 bridgehead atoms. The van der Waals surface area contributed by atoms with Crippen molar-refractivity contribution in [2.45, 2.75) is 12.1 Å². The normalized spacial score (nSPS) is 21.8. The number of nitrogens with one attached hydrogen (secondary N) is 1. The summed E-state index contributed by atoms with van der Waals surface area (Å²) in [5.74, 6) is 0. The quantitative estimate of drug-likeness (QED) is 0.911. The van der Waals surface area contributed by atoms with Crippen LogP contribution in [0.2, 0.25) is 0 Å². The Morgan fingerprint density at radius 1 is 0.947 bits per heavy atom. The van der Waals surface area contributed by atoms with Gasteiger partial charge in [0.05, 0.1) is 5.71 Å².